The zero-order chi connectivity index (χ0) is 39.7. The van der Waals surface area contributed by atoms with E-state index < -0.39 is 57.1 Å². The first kappa shape index (κ1) is 40.9. The molecule has 5 aliphatic rings. The molecule has 1 aromatic rings. The molecule has 0 radical (unpaired) electrons. The molecule has 5 amide bonds. The molecule has 3 saturated carbocycles. The number of likely N-dealkylation sites (tertiary alicyclic amines) is 1. The Kier molecular flexibility index (Phi) is 12.2. The van der Waals surface area contributed by atoms with Gasteiger partial charge in [0.2, 0.25) is 17.6 Å². The van der Waals surface area contributed by atoms with Gasteiger partial charge in [0, 0.05) is 13.1 Å². The molecule has 0 aromatic heterocycles. The summed E-state index contributed by atoms with van der Waals surface area (Å²) < 4.78 is 26.7. The number of hydrogen-bond donors (Lipinski definition) is 4. The summed E-state index contributed by atoms with van der Waals surface area (Å²) in [7, 11) is -3.47. The highest BCUT2D eigenvalue weighted by molar-refractivity contribution is 7.91. The molecule has 55 heavy (non-hydrogen) atoms. The second-order valence-electron chi connectivity index (χ2n) is 18.1. The summed E-state index contributed by atoms with van der Waals surface area (Å²) in [6, 6.07) is 4.50. The van der Waals surface area contributed by atoms with Gasteiger partial charge in [-0.05, 0) is 84.7 Å². The molecule has 4 aliphatic carbocycles. The molecule has 6 rings (SSSR count). The highest BCUT2D eigenvalue weighted by Gasteiger charge is 2.70. The Bertz CT molecular complexity index is 1740. The normalized spacial score (nSPS) is 24.9. The number of urea groups is 1. The minimum Gasteiger partial charge on any atom is -0.346 e. The Morgan fingerprint density at radius 2 is 1.64 bits per heavy atom. The monoisotopic (exact) mass is 779 g/mol. The summed E-state index contributed by atoms with van der Waals surface area (Å²) in [6.07, 6.45) is 8.96. The maximum absolute atomic E-state index is 15.0. The van der Waals surface area contributed by atoms with Crippen LogP contribution < -0.4 is 21.3 Å². The van der Waals surface area contributed by atoms with E-state index in [2.05, 4.69) is 41.7 Å². The van der Waals surface area contributed by atoms with Crippen LogP contribution in [0.5, 0.6) is 0 Å². The van der Waals surface area contributed by atoms with Crippen LogP contribution in [-0.2, 0) is 41.9 Å². The Hall–Kier alpha value is -3.74. The highest BCUT2D eigenvalue weighted by Crippen LogP contribution is 2.65. The van der Waals surface area contributed by atoms with Gasteiger partial charge in [0.15, 0.2) is 9.84 Å². The van der Waals surface area contributed by atoms with Crippen molar-refractivity contribution < 1.29 is 32.4 Å². The maximum atomic E-state index is 15.0. The number of fused-ring (bicyclic) bond motifs is 2. The number of rotatable bonds is 17. The number of nitrogens with one attached hydrogen (secondary N) is 4. The fourth-order valence-corrected chi connectivity index (χ4v) is 11.8. The Morgan fingerprint density at radius 3 is 2.24 bits per heavy atom. The van der Waals surface area contributed by atoms with Crippen LogP contribution >= 0.6 is 0 Å². The largest absolute Gasteiger partial charge is 0.346 e. The van der Waals surface area contributed by atoms with Crippen LogP contribution in [0.15, 0.2) is 36.9 Å². The third-order valence-corrected chi connectivity index (χ3v) is 14.9. The third-order valence-electron chi connectivity index (χ3n) is 13.1. The highest BCUT2D eigenvalue weighted by atomic mass is 32.2. The number of amides is 5. The topological polar surface area (TPSA) is 171 Å². The lowest BCUT2D eigenvalue weighted by Gasteiger charge is -2.39. The Labute approximate surface area is 326 Å². The average molecular weight is 780 g/mol. The SMILES string of the molecule is C=CCNC(=O)C(=O)C(CC1CC1)NC(=O)[C@@H]1C2[C@H](CN1C(=O)[C@@H](NC(=O)NC1(CS(=O)(=O)CCC(C)C)CCCCC1)C1Cc3ccccc3C1)C2(C)C. The van der Waals surface area contributed by atoms with E-state index in [0.717, 1.165) is 43.2 Å². The first-order valence-corrected chi connectivity index (χ1v) is 22.3. The van der Waals surface area contributed by atoms with Gasteiger partial charge >= 0.3 is 6.03 Å². The van der Waals surface area contributed by atoms with Crippen LogP contribution in [0.1, 0.15) is 96.6 Å². The predicted molar refractivity (Wildman–Crippen MR) is 210 cm³/mol. The summed E-state index contributed by atoms with van der Waals surface area (Å²) in [5.74, 6) is -2.34. The van der Waals surface area contributed by atoms with E-state index in [0.29, 0.717) is 45.1 Å². The molecule has 4 fully saturated rings. The minimum absolute atomic E-state index is 0.0532. The minimum atomic E-state index is -3.47. The molecule has 1 aromatic carbocycles. The van der Waals surface area contributed by atoms with E-state index in [1.165, 1.54) is 6.08 Å². The molecular weight excluding hydrogens is 719 g/mol. The number of piperidine rings is 1. The van der Waals surface area contributed by atoms with E-state index >= 15 is 0 Å². The number of sulfone groups is 1. The van der Waals surface area contributed by atoms with E-state index in [1.807, 2.05) is 38.1 Å². The maximum Gasteiger partial charge on any atom is 0.315 e. The molecule has 12 nitrogen and oxygen atoms in total. The van der Waals surface area contributed by atoms with Gasteiger partial charge in [0.1, 0.15) is 12.1 Å². The molecule has 0 spiro atoms. The lowest BCUT2D eigenvalue weighted by molar-refractivity contribution is -0.144. The van der Waals surface area contributed by atoms with Crippen molar-refractivity contribution in [1.82, 2.24) is 26.2 Å². The number of benzene rings is 1. The average Bonchev–Trinajstić information content (AvgIpc) is 3.89. The number of Topliss-reactive ketones (excluding diaryl/α,β-unsaturated/α-hetero) is 1. The third kappa shape index (κ3) is 9.46. The van der Waals surface area contributed by atoms with Crippen molar-refractivity contribution in [2.45, 2.75) is 122 Å². The molecule has 2 unspecified atom stereocenters. The second-order valence-corrected chi connectivity index (χ2v) is 20.3. The molecule has 1 saturated heterocycles. The van der Waals surface area contributed by atoms with E-state index in [4.69, 9.17) is 0 Å². The first-order valence-electron chi connectivity index (χ1n) is 20.4. The molecular formula is C42H61N5O7S. The summed E-state index contributed by atoms with van der Waals surface area (Å²) in [6.45, 7) is 12.2. The van der Waals surface area contributed by atoms with Crippen molar-refractivity contribution in [3.05, 3.63) is 48.0 Å². The fourth-order valence-electron chi connectivity index (χ4n) is 9.65. The fraction of sp³-hybridized carbons (Fsp3) is 0.690. The first-order chi connectivity index (χ1) is 26.0. The molecule has 1 heterocycles. The molecule has 0 bridgehead atoms. The lowest BCUT2D eigenvalue weighted by Crippen LogP contribution is -2.63. The molecule has 1 aliphatic heterocycles. The summed E-state index contributed by atoms with van der Waals surface area (Å²) in [4.78, 5) is 71.1. The standard InChI is InChI=1S/C42H61N5O7S/c1-6-19-43-38(50)36(48)32(21-27-14-15-27)44-37(49)35-33-31(41(33,4)5)24-47(35)39(51)34(30-22-28-12-8-9-13-29(28)23-30)45-40(52)46-42(17-10-7-11-18-42)25-55(53,54)20-16-26(2)3/h6,8-9,12-13,26-27,30-35H,1,7,10-11,14-25H2,2-5H3,(H,43,50)(H,44,49)(H2,45,46,52)/t31-,32?,33?,34-,35-/m0/s1. The number of carbonyl (C=O) groups excluding carboxylic acids is 5. The summed E-state index contributed by atoms with van der Waals surface area (Å²) >= 11 is 0. The van der Waals surface area contributed by atoms with Crippen LogP contribution in [0.2, 0.25) is 0 Å². The van der Waals surface area contributed by atoms with E-state index in [-0.39, 0.29) is 59.0 Å². The lowest BCUT2D eigenvalue weighted by atomic mass is 9.83. The van der Waals surface area contributed by atoms with Crippen LogP contribution in [0.3, 0.4) is 0 Å². The summed E-state index contributed by atoms with van der Waals surface area (Å²) in [5.41, 5.74) is 1.05. The van der Waals surface area contributed by atoms with Crippen LogP contribution in [-0.4, -0.2) is 91.1 Å². The van der Waals surface area contributed by atoms with Gasteiger partial charge in [-0.3, -0.25) is 19.2 Å². The van der Waals surface area contributed by atoms with Gasteiger partial charge in [0.05, 0.1) is 23.1 Å². The van der Waals surface area contributed by atoms with Crippen LogP contribution in [0.25, 0.3) is 0 Å². The van der Waals surface area contributed by atoms with Gasteiger partial charge in [-0.25, -0.2) is 13.2 Å². The van der Waals surface area contributed by atoms with Gasteiger partial charge in [-0.15, -0.1) is 6.58 Å². The molecule has 302 valence electrons. The van der Waals surface area contributed by atoms with Crippen molar-refractivity contribution in [1.29, 1.82) is 0 Å². The number of carbonyl (C=O) groups is 5. The quantitative estimate of drug-likeness (QED) is 0.137. The van der Waals surface area contributed by atoms with Gasteiger partial charge in [-0.2, -0.15) is 0 Å². The predicted octanol–water partition coefficient (Wildman–Crippen LogP) is 3.87. The smallest absolute Gasteiger partial charge is 0.315 e. The van der Waals surface area contributed by atoms with Crippen molar-refractivity contribution in [3.63, 3.8) is 0 Å². The van der Waals surface area contributed by atoms with E-state index in [9.17, 15) is 32.4 Å². The van der Waals surface area contributed by atoms with Crippen LogP contribution in [0, 0.1) is 35.0 Å². The van der Waals surface area contributed by atoms with Gasteiger partial charge < -0.3 is 26.2 Å². The summed E-state index contributed by atoms with van der Waals surface area (Å²) in [5, 5.41) is 11.6. The van der Waals surface area contributed by atoms with Gasteiger partial charge in [-0.1, -0.05) is 90.1 Å². The Balaban J connectivity index is 1.24. The number of hydrogen-bond acceptors (Lipinski definition) is 7. The second kappa shape index (κ2) is 16.4. The number of nitrogens with zero attached hydrogens (tertiary/aromatic N) is 1. The van der Waals surface area contributed by atoms with Crippen molar-refractivity contribution in [2.75, 3.05) is 24.6 Å². The number of ketones is 1. The zero-order valence-corrected chi connectivity index (χ0v) is 33.8. The van der Waals surface area contributed by atoms with Crippen molar-refractivity contribution in [2.24, 2.45) is 35.0 Å². The molecule has 5 atom stereocenters. The van der Waals surface area contributed by atoms with E-state index in [1.54, 1.807) is 4.90 Å². The zero-order valence-electron chi connectivity index (χ0n) is 33.0. The van der Waals surface area contributed by atoms with Gasteiger partial charge in [0.25, 0.3) is 5.91 Å². The molecule has 13 heteroatoms. The van der Waals surface area contributed by atoms with Crippen molar-refractivity contribution >= 4 is 39.4 Å². The van der Waals surface area contributed by atoms with Crippen LogP contribution in [0.4, 0.5) is 4.79 Å². The molecule has 4 N–H and O–H groups in total. The van der Waals surface area contributed by atoms with Crippen molar-refractivity contribution in [3.8, 4) is 0 Å². The Morgan fingerprint density at radius 1 is 0.982 bits per heavy atom.